The Morgan fingerprint density at radius 3 is 2.71 bits per heavy atom. The molecule has 2 N–H and O–H groups in total. The average molecular weight is 239 g/mol. The van der Waals surface area contributed by atoms with E-state index in [-0.39, 0.29) is 12.3 Å². The van der Waals surface area contributed by atoms with E-state index in [4.69, 9.17) is 5.11 Å². The summed E-state index contributed by atoms with van der Waals surface area (Å²) >= 11 is 0. The quantitative estimate of drug-likeness (QED) is 0.789. The number of hydrogen-bond acceptors (Lipinski definition) is 3. The van der Waals surface area contributed by atoms with Gasteiger partial charge in [0.2, 0.25) is 5.91 Å². The van der Waals surface area contributed by atoms with E-state index >= 15 is 0 Å². The van der Waals surface area contributed by atoms with Gasteiger partial charge in [-0.05, 0) is 6.42 Å². The summed E-state index contributed by atoms with van der Waals surface area (Å²) in [6.07, 6.45) is 2.31. The summed E-state index contributed by atoms with van der Waals surface area (Å²) in [7, 11) is 1.77. The molecule has 1 aromatic heterocycles. The number of aryl methyl sites for hydroxylation is 2. The van der Waals surface area contributed by atoms with Crippen molar-refractivity contribution in [2.75, 3.05) is 0 Å². The van der Waals surface area contributed by atoms with E-state index < -0.39 is 12.0 Å². The fourth-order valence-electron chi connectivity index (χ4n) is 1.78. The highest BCUT2D eigenvalue weighted by atomic mass is 16.4. The fraction of sp³-hybridized carbons (Fsp3) is 0.545. The predicted octanol–water partition coefficient (Wildman–Crippen LogP) is 0.634. The molecule has 1 amide bonds. The molecule has 0 aliphatic carbocycles. The maximum Gasteiger partial charge on any atom is 0.305 e. The number of nitrogens with zero attached hydrogens (tertiary/aromatic N) is 2. The SMILES string of the molecule is CCc1nn(C)cc1[C@H](CC(=O)O)NC(C)=O. The third kappa shape index (κ3) is 3.58. The molecule has 1 aromatic rings. The van der Waals surface area contributed by atoms with Crippen LogP contribution in [0.4, 0.5) is 0 Å². The zero-order valence-corrected chi connectivity index (χ0v) is 10.2. The average Bonchev–Trinajstić information content (AvgIpc) is 2.57. The van der Waals surface area contributed by atoms with E-state index in [1.807, 2.05) is 6.92 Å². The zero-order chi connectivity index (χ0) is 13.0. The van der Waals surface area contributed by atoms with Crippen LogP contribution in [0.2, 0.25) is 0 Å². The topological polar surface area (TPSA) is 84.2 Å². The van der Waals surface area contributed by atoms with Gasteiger partial charge in [0, 0.05) is 25.7 Å². The molecule has 0 aromatic carbocycles. The molecule has 17 heavy (non-hydrogen) atoms. The molecule has 6 heteroatoms. The fourth-order valence-corrected chi connectivity index (χ4v) is 1.78. The van der Waals surface area contributed by atoms with Crippen molar-refractivity contribution in [3.63, 3.8) is 0 Å². The molecule has 0 aliphatic heterocycles. The number of hydrogen-bond donors (Lipinski definition) is 2. The number of carboxylic acid groups (broad SMARTS) is 1. The van der Waals surface area contributed by atoms with Crippen molar-refractivity contribution in [1.29, 1.82) is 0 Å². The lowest BCUT2D eigenvalue weighted by molar-refractivity contribution is -0.137. The van der Waals surface area contributed by atoms with Gasteiger partial charge in [0.05, 0.1) is 18.2 Å². The van der Waals surface area contributed by atoms with Crippen LogP contribution in [0.3, 0.4) is 0 Å². The molecule has 1 atom stereocenters. The molecular weight excluding hydrogens is 222 g/mol. The van der Waals surface area contributed by atoms with Crippen LogP contribution < -0.4 is 5.32 Å². The number of carbonyl (C=O) groups is 2. The van der Waals surface area contributed by atoms with Crippen molar-refractivity contribution in [3.05, 3.63) is 17.5 Å². The highest BCUT2D eigenvalue weighted by Gasteiger charge is 2.21. The van der Waals surface area contributed by atoms with Gasteiger partial charge >= 0.3 is 5.97 Å². The maximum absolute atomic E-state index is 11.1. The molecule has 0 saturated heterocycles. The van der Waals surface area contributed by atoms with Gasteiger partial charge in [0.25, 0.3) is 0 Å². The van der Waals surface area contributed by atoms with E-state index in [1.54, 1.807) is 17.9 Å². The van der Waals surface area contributed by atoms with Crippen LogP contribution in [0.1, 0.15) is 37.6 Å². The van der Waals surface area contributed by atoms with Gasteiger partial charge in [-0.25, -0.2) is 0 Å². The molecule has 0 fully saturated rings. The Kier molecular flexibility index (Phi) is 4.25. The van der Waals surface area contributed by atoms with Crippen molar-refractivity contribution < 1.29 is 14.7 Å². The first kappa shape index (κ1) is 13.2. The largest absolute Gasteiger partial charge is 0.481 e. The van der Waals surface area contributed by atoms with Crippen molar-refractivity contribution in [2.45, 2.75) is 32.7 Å². The van der Waals surface area contributed by atoms with Gasteiger partial charge in [0.15, 0.2) is 0 Å². The van der Waals surface area contributed by atoms with Gasteiger partial charge in [-0.2, -0.15) is 5.10 Å². The number of carboxylic acids is 1. The second-order valence-electron chi connectivity index (χ2n) is 3.91. The lowest BCUT2D eigenvalue weighted by atomic mass is 10.0. The van der Waals surface area contributed by atoms with Crippen LogP contribution in [-0.2, 0) is 23.1 Å². The number of nitrogens with one attached hydrogen (secondary N) is 1. The lowest BCUT2D eigenvalue weighted by Gasteiger charge is -2.15. The minimum atomic E-state index is -0.949. The number of aromatic nitrogens is 2. The zero-order valence-electron chi connectivity index (χ0n) is 10.2. The smallest absolute Gasteiger partial charge is 0.305 e. The molecule has 0 radical (unpaired) electrons. The predicted molar refractivity (Wildman–Crippen MR) is 61.4 cm³/mol. The normalized spacial score (nSPS) is 12.2. The molecule has 1 rings (SSSR count). The van der Waals surface area contributed by atoms with E-state index in [1.165, 1.54) is 6.92 Å². The van der Waals surface area contributed by atoms with Gasteiger partial charge < -0.3 is 10.4 Å². The summed E-state index contributed by atoms with van der Waals surface area (Å²) < 4.78 is 1.63. The lowest BCUT2D eigenvalue weighted by Crippen LogP contribution is -2.28. The minimum absolute atomic E-state index is 0.141. The Hall–Kier alpha value is -1.85. The summed E-state index contributed by atoms with van der Waals surface area (Å²) in [5.41, 5.74) is 1.58. The van der Waals surface area contributed by atoms with E-state index in [9.17, 15) is 9.59 Å². The Balaban J connectivity index is 3.01. The molecule has 0 aliphatic rings. The Bertz CT molecular complexity index is 410. The summed E-state index contributed by atoms with van der Waals surface area (Å²) in [5, 5.41) is 15.7. The summed E-state index contributed by atoms with van der Waals surface area (Å²) in [5.74, 6) is -1.20. The first-order valence-corrected chi connectivity index (χ1v) is 5.45. The van der Waals surface area contributed by atoms with Gasteiger partial charge in [-0.1, -0.05) is 6.92 Å². The van der Waals surface area contributed by atoms with Crippen LogP contribution in [0.5, 0.6) is 0 Å². The third-order valence-corrected chi connectivity index (χ3v) is 2.40. The van der Waals surface area contributed by atoms with Crippen LogP contribution in [0, 0.1) is 0 Å². The minimum Gasteiger partial charge on any atom is -0.481 e. The molecule has 94 valence electrons. The molecule has 0 unspecified atom stereocenters. The van der Waals surface area contributed by atoms with Crippen molar-refractivity contribution in [2.24, 2.45) is 7.05 Å². The highest BCUT2D eigenvalue weighted by Crippen LogP contribution is 2.20. The second-order valence-corrected chi connectivity index (χ2v) is 3.91. The van der Waals surface area contributed by atoms with E-state index in [0.29, 0.717) is 6.42 Å². The monoisotopic (exact) mass is 239 g/mol. The van der Waals surface area contributed by atoms with Crippen LogP contribution in [0.25, 0.3) is 0 Å². The molecule has 0 bridgehead atoms. The third-order valence-electron chi connectivity index (χ3n) is 2.40. The number of aliphatic carboxylic acids is 1. The van der Waals surface area contributed by atoms with Crippen molar-refractivity contribution in [1.82, 2.24) is 15.1 Å². The van der Waals surface area contributed by atoms with Crippen molar-refractivity contribution in [3.8, 4) is 0 Å². The molecule has 1 heterocycles. The summed E-state index contributed by atoms with van der Waals surface area (Å²) in [6.45, 7) is 3.31. The van der Waals surface area contributed by atoms with Crippen LogP contribution >= 0.6 is 0 Å². The second kappa shape index (κ2) is 5.47. The highest BCUT2D eigenvalue weighted by molar-refractivity contribution is 5.75. The van der Waals surface area contributed by atoms with Crippen molar-refractivity contribution >= 4 is 11.9 Å². The van der Waals surface area contributed by atoms with Gasteiger partial charge in [-0.3, -0.25) is 14.3 Å². The van der Waals surface area contributed by atoms with Crippen LogP contribution in [0.15, 0.2) is 6.20 Å². The summed E-state index contributed by atoms with van der Waals surface area (Å²) in [4.78, 5) is 21.9. The first-order chi connectivity index (χ1) is 7.93. The Morgan fingerprint density at radius 2 is 2.24 bits per heavy atom. The maximum atomic E-state index is 11.1. The standard InChI is InChI=1S/C11H17N3O3/c1-4-9-8(6-14(3)13-9)10(5-11(16)17)12-7(2)15/h6,10H,4-5H2,1-3H3,(H,12,15)(H,16,17)/t10-/m0/s1. The molecule has 0 spiro atoms. The van der Waals surface area contributed by atoms with Gasteiger partial charge in [-0.15, -0.1) is 0 Å². The van der Waals surface area contributed by atoms with E-state index in [2.05, 4.69) is 10.4 Å². The Labute approximate surface area is 99.6 Å². The molecular formula is C11H17N3O3. The molecule has 0 saturated carbocycles. The summed E-state index contributed by atoms with van der Waals surface area (Å²) in [6, 6.07) is -0.520. The number of carbonyl (C=O) groups excluding carboxylic acids is 1. The number of rotatable bonds is 5. The number of amides is 1. The Morgan fingerprint density at radius 1 is 1.59 bits per heavy atom. The van der Waals surface area contributed by atoms with Gasteiger partial charge in [0.1, 0.15) is 0 Å². The van der Waals surface area contributed by atoms with Crippen LogP contribution in [-0.4, -0.2) is 26.8 Å². The van der Waals surface area contributed by atoms with E-state index in [0.717, 1.165) is 11.3 Å². The first-order valence-electron chi connectivity index (χ1n) is 5.45. The molecule has 6 nitrogen and oxygen atoms in total.